The van der Waals surface area contributed by atoms with Gasteiger partial charge in [-0.05, 0) is 12.8 Å². The summed E-state index contributed by atoms with van der Waals surface area (Å²) < 4.78 is 0.138. The van der Waals surface area contributed by atoms with Gasteiger partial charge < -0.3 is 5.11 Å². The van der Waals surface area contributed by atoms with E-state index < -0.39 is 11.3 Å². The van der Waals surface area contributed by atoms with Gasteiger partial charge in [-0.25, -0.2) is 0 Å². The lowest BCUT2D eigenvalue weighted by atomic mass is 10.2. The zero-order chi connectivity index (χ0) is 8.85. The fraction of sp³-hybridized carbons (Fsp3) is 0.500. The van der Waals surface area contributed by atoms with Crippen LogP contribution in [-0.2, 0) is 4.79 Å². The summed E-state index contributed by atoms with van der Waals surface area (Å²) in [6.45, 7) is 0. The molecule has 0 amide bonds. The van der Waals surface area contributed by atoms with Crippen molar-refractivity contribution in [3.63, 3.8) is 0 Å². The summed E-state index contributed by atoms with van der Waals surface area (Å²) in [6.07, 6.45) is 2.32. The highest BCUT2D eigenvalue weighted by atomic mass is 35.5. The lowest BCUT2D eigenvalue weighted by molar-refractivity contribution is -0.136. The molecular weight excluding hydrogens is 210 g/mol. The fourth-order valence-electron chi connectivity index (χ4n) is 0.462. The Labute approximate surface area is 79.7 Å². The summed E-state index contributed by atoms with van der Waals surface area (Å²) in [5, 5.41) is 7.47. The van der Waals surface area contributed by atoms with Gasteiger partial charge in [0.2, 0.25) is 0 Å². The molecule has 64 valence electrons. The molecule has 5 heteroatoms. The number of carboxylic acid groups (broad SMARTS) is 1. The second kappa shape index (κ2) is 5.70. The van der Waals surface area contributed by atoms with E-state index in [4.69, 9.17) is 39.9 Å². The van der Waals surface area contributed by atoms with Crippen LogP contribution >= 0.6 is 34.8 Å². The number of allylic oxidation sites excluding steroid dienone is 1. The van der Waals surface area contributed by atoms with E-state index >= 15 is 0 Å². The van der Waals surface area contributed by atoms with Crippen LogP contribution in [0.1, 0.15) is 12.8 Å². The van der Waals surface area contributed by atoms with E-state index in [2.05, 4.69) is 0 Å². The average Bonchev–Trinajstić information content (AvgIpc) is 1.86. The van der Waals surface area contributed by atoms with Crippen LogP contribution in [-0.4, -0.2) is 16.5 Å². The Balaban J connectivity index is 3.55. The Kier molecular flexibility index (Phi) is 5.74. The molecular formula is C6H7Cl3O2. The molecule has 0 bridgehead atoms. The molecule has 0 saturated heterocycles. The van der Waals surface area contributed by atoms with Crippen LogP contribution in [0.15, 0.2) is 10.6 Å². The molecule has 0 aliphatic rings. The van der Waals surface area contributed by atoms with Gasteiger partial charge in [-0.3, -0.25) is 4.79 Å². The van der Waals surface area contributed by atoms with Crippen molar-refractivity contribution in [2.75, 3.05) is 0 Å². The summed E-state index contributed by atoms with van der Waals surface area (Å²) in [5.74, 6) is -1.02. The Morgan fingerprint density at radius 1 is 1.55 bits per heavy atom. The molecule has 0 aromatic carbocycles. The number of carbonyl (C=O) groups is 1. The molecule has 0 fully saturated rings. The summed E-state index contributed by atoms with van der Waals surface area (Å²) in [4.78, 5) is 10.2. The monoisotopic (exact) mass is 216 g/mol. The number of aliphatic carboxylic acids is 1. The van der Waals surface area contributed by atoms with E-state index in [0.29, 0.717) is 12.8 Å². The SMILES string of the molecule is O=C(O)C(Cl)CCC=C(Cl)Cl. The van der Waals surface area contributed by atoms with Crippen molar-refractivity contribution in [3.8, 4) is 0 Å². The molecule has 0 aliphatic carbocycles. The average molecular weight is 217 g/mol. The first-order valence-corrected chi connectivity index (χ1v) is 4.11. The van der Waals surface area contributed by atoms with Crippen LogP contribution in [0.2, 0.25) is 0 Å². The summed E-state index contributed by atoms with van der Waals surface area (Å²) in [5.41, 5.74) is 0. The van der Waals surface area contributed by atoms with E-state index in [1.807, 2.05) is 0 Å². The summed E-state index contributed by atoms with van der Waals surface area (Å²) in [6, 6.07) is 0. The van der Waals surface area contributed by atoms with Gasteiger partial charge in [-0.1, -0.05) is 29.3 Å². The number of halogens is 3. The first-order chi connectivity index (χ1) is 5.04. The molecule has 0 aromatic heterocycles. The Hall–Kier alpha value is 0.0800. The molecule has 0 saturated carbocycles. The van der Waals surface area contributed by atoms with Gasteiger partial charge in [-0.15, -0.1) is 11.6 Å². The fourth-order valence-corrected chi connectivity index (χ4v) is 0.806. The molecule has 11 heavy (non-hydrogen) atoms. The Morgan fingerprint density at radius 2 is 2.09 bits per heavy atom. The van der Waals surface area contributed by atoms with Gasteiger partial charge in [0.05, 0.1) is 0 Å². The predicted molar refractivity (Wildman–Crippen MR) is 46.3 cm³/mol. The highest BCUT2D eigenvalue weighted by molar-refractivity contribution is 6.55. The van der Waals surface area contributed by atoms with Gasteiger partial charge in [0.15, 0.2) is 0 Å². The molecule has 0 radical (unpaired) electrons. The standard InChI is InChI=1S/C6H7Cl3O2/c7-4(6(10)11)2-1-3-5(8)9/h3-4H,1-2H2,(H,10,11). The molecule has 2 nitrogen and oxygen atoms in total. The Bertz CT molecular complexity index is 163. The van der Waals surface area contributed by atoms with Crippen LogP contribution in [0.3, 0.4) is 0 Å². The molecule has 1 unspecified atom stereocenters. The minimum absolute atomic E-state index is 0.138. The maximum Gasteiger partial charge on any atom is 0.321 e. The number of hydrogen-bond acceptors (Lipinski definition) is 1. The van der Waals surface area contributed by atoms with Crippen molar-refractivity contribution in [1.29, 1.82) is 0 Å². The second-order valence-corrected chi connectivity index (χ2v) is 3.41. The zero-order valence-electron chi connectivity index (χ0n) is 5.56. The highest BCUT2D eigenvalue weighted by Crippen LogP contribution is 2.12. The lowest BCUT2D eigenvalue weighted by Gasteiger charge is -1.99. The third kappa shape index (κ3) is 6.48. The number of alkyl halides is 1. The molecule has 1 N–H and O–H groups in total. The number of hydrogen-bond donors (Lipinski definition) is 1. The summed E-state index contributed by atoms with van der Waals surface area (Å²) in [7, 11) is 0. The lowest BCUT2D eigenvalue weighted by Crippen LogP contribution is -2.12. The molecule has 0 spiro atoms. The first kappa shape index (κ1) is 11.1. The van der Waals surface area contributed by atoms with E-state index in [1.54, 1.807) is 0 Å². The van der Waals surface area contributed by atoms with Crippen molar-refractivity contribution >= 4 is 40.8 Å². The predicted octanol–water partition coefficient (Wildman–Crippen LogP) is 2.78. The third-order valence-corrected chi connectivity index (χ3v) is 1.70. The minimum Gasteiger partial charge on any atom is -0.480 e. The minimum atomic E-state index is -1.02. The zero-order valence-corrected chi connectivity index (χ0v) is 7.83. The van der Waals surface area contributed by atoms with Gasteiger partial charge in [0.25, 0.3) is 0 Å². The third-order valence-electron chi connectivity index (χ3n) is 0.987. The quantitative estimate of drug-likeness (QED) is 0.735. The van der Waals surface area contributed by atoms with Gasteiger partial charge >= 0.3 is 5.97 Å². The summed E-state index contributed by atoms with van der Waals surface area (Å²) >= 11 is 15.9. The Morgan fingerprint density at radius 3 is 2.45 bits per heavy atom. The maximum absolute atomic E-state index is 10.2. The number of carboxylic acids is 1. The van der Waals surface area contributed by atoms with Crippen LogP contribution in [0.4, 0.5) is 0 Å². The molecule has 0 aromatic rings. The van der Waals surface area contributed by atoms with Gasteiger partial charge in [0.1, 0.15) is 9.87 Å². The van der Waals surface area contributed by atoms with Crippen molar-refractivity contribution in [1.82, 2.24) is 0 Å². The molecule has 1 atom stereocenters. The van der Waals surface area contributed by atoms with Crippen LogP contribution in [0.25, 0.3) is 0 Å². The molecule has 0 heterocycles. The van der Waals surface area contributed by atoms with Crippen molar-refractivity contribution in [2.45, 2.75) is 18.2 Å². The highest BCUT2D eigenvalue weighted by Gasteiger charge is 2.11. The largest absolute Gasteiger partial charge is 0.480 e. The van der Waals surface area contributed by atoms with E-state index in [0.717, 1.165) is 0 Å². The van der Waals surface area contributed by atoms with Crippen molar-refractivity contribution in [2.24, 2.45) is 0 Å². The van der Waals surface area contributed by atoms with E-state index in [9.17, 15) is 4.79 Å². The van der Waals surface area contributed by atoms with Crippen LogP contribution in [0.5, 0.6) is 0 Å². The maximum atomic E-state index is 10.2. The first-order valence-electron chi connectivity index (χ1n) is 2.92. The topological polar surface area (TPSA) is 37.3 Å². The van der Waals surface area contributed by atoms with E-state index in [1.165, 1.54) is 6.08 Å². The van der Waals surface area contributed by atoms with Crippen LogP contribution in [0, 0.1) is 0 Å². The molecule has 0 aliphatic heterocycles. The normalized spacial score (nSPS) is 12.3. The van der Waals surface area contributed by atoms with E-state index in [-0.39, 0.29) is 4.49 Å². The number of rotatable bonds is 4. The second-order valence-electron chi connectivity index (χ2n) is 1.88. The molecule has 0 rings (SSSR count). The van der Waals surface area contributed by atoms with Crippen LogP contribution < -0.4 is 0 Å². The smallest absolute Gasteiger partial charge is 0.321 e. The van der Waals surface area contributed by atoms with Gasteiger partial charge in [0, 0.05) is 0 Å². The van der Waals surface area contributed by atoms with Gasteiger partial charge in [-0.2, -0.15) is 0 Å². The van der Waals surface area contributed by atoms with Crippen molar-refractivity contribution in [3.05, 3.63) is 10.6 Å². The van der Waals surface area contributed by atoms with Crippen molar-refractivity contribution < 1.29 is 9.90 Å².